The fraction of sp³-hybridized carbons (Fsp3) is 0.650. The molecule has 1 aromatic carbocycles. The van der Waals surface area contributed by atoms with Gasteiger partial charge < -0.3 is 14.5 Å². The van der Waals surface area contributed by atoms with Crippen LogP contribution in [0.2, 0.25) is 0 Å². The third-order valence-electron chi connectivity index (χ3n) is 5.77. The molecule has 0 spiro atoms. The van der Waals surface area contributed by atoms with Crippen LogP contribution in [0.4, 0.5) is 0 Å². The molecule has 2 heterocycles. The van der Waals surface area contributed by atoms with E-state index in [4.69, 9.17) is 4.74 Å². The fourth-order valence-electron chi connectivity index (χ4n) is 4.47. The van der Waals surface area contributed by atoms with E-state index in [1.807, 2.05) is 4.90 Å². The Kier molecular flexibility index (Phi) is 6.62. The van der Waals surface area contributed by atoms with Crippen LogP contribution >= 0.6 is 0 Å². The normalized spacial score (nSPS) is 26.8. The first-order chi connectivity index (χ1) is 13.3. The summed E-state index contributed by atoms with van der Waals surface area (Å²) in [4.78, 5) is 16.1. The lowest BCUT2D eigenvalue weighted by molar-refractivity contribution is -0.904. The minimum atomic E-state index is -3.54. The van der Waals surface area contributed by atoms with Gasteiger partial charge in [-0.25, -0.2) is 8.42 Å². The van der Waals surface area contributed by atoms with E-state index >= 15 is 0 Å². The number of hydrogen-bond acceptors (Lipinski definition) is 4. The molecule has 3 atom stereocenters. The topological polar surface area (TPSA) is 71.4 Å². The summed E-state index contributed by atoms with van der Waals surface area (Å²) in [7, 11) is -2.00. The predicted octanol–water partition coefficient (Wildman–Crippen LogP) is 0.0889. The summed E-state index contributed by atoms with van der Waals surface area (Å²) in [5.74, 6) is 2.06. The molecule has 2 aliphatic rings. The number of amides is 1. The van der Waals surface area contributed by atoms with Crippen molar-refractivity contribution < 1.29 is 22.8 Å². The molecule has 1 unspecified atom stereocenters. The van der Waals surface area contributed by atoms with Gasteiger partial charge in [-0.3, -0.25) is 4.79 Å². The molecule has 28 heavy (non-hydrogen) atoms. The SMILES string of the molecule is COc1ccc(S(=O)(=O)N2CCN(C(=O)C[NH+]3C[C@H](C)C[C@H](C)C3)CC2)cc1. The molecule has 156 valence electrons. The summed E-state index contributed by atoms with van der Waals surface area (Å²) >= 11 is 0. The number of piperidine rings is 1. The summed E-state index contributed by atoms with van der Waals surface area (Å²) < 4.78 is 32.2. The van der Waals surface area contributed by atoms with Crippen molar-refractivity contribution in [2.75, 3.05) is 52.9 Å². The van der Waals surface area contributed by atoms with Gasteiger partial charge in [-0.15, -0.1) is 0 Å². The minimum absolute atomic E-state index is 0.137. The Balaban J connectivity index is 1.55. The van der Waals surface area contributed by atoms with Crippen molar-refractivity contribution >= 4 is 15.9 Å². The third kappa shape index (κ3) is 4.85. The van der Waals surface area contributed by atoms with Crippen LogP contribution in [0.3, 0.4) is 0 Å². The minimum Gasteiger partial charge on any atom is -0.497 e. The Bertz CT molecular complexity index is 763. The van der Waals surface area contributed by atoms with Crippen molar-refractivity contribution in [3.8, 4) is 5.75 Å². The van der Waals surface area contributed by atoms with Crippen LogP contribution in [0.25, 0.3) is 0 Å². The van der Waals surface area contributed by atoms with Gasteiger partial charge in [-0.05, 0) is 30.7 Å². The van der Waals surface area contributed by atoms with E-state index in [0.717, 1.165) is 13.1 Å². The van der Waals surface area contributed by atoms with Gasteiger partial charge in [0.2, 0.25) is 10.0 Å². The number of benzene rings is 1. The number of nitrogens with one attached hydrogen (secondary N) is 1. The molecule has 8 heteroatoms. The van der Waals surface area contributed by atoms with E-state index < -0.39 is 10.0 Å². The zero-order valence-electron chi connectivity index (χ0n) is 17.1. The average Bonchev–Trinajstić information content (AvgIpc) is 2.67. The van der Waals surface area contributed by atoms with Gasteiger partial charge in [0.25, 0.3) is 5.91 Å². The summed E-state index contributed by atoms with van der Waals surface area (Å²) in [6.45, 7) is 8.68. The van der Waals surface area contributed by atoms with Gasteiger partial charge in [0.15, 0.2) is 6.54 Å². The predicted molar refractivity (Wildman–Crippen MR) is 107 cm³/mol. The maximum atomic E-state index is 12.8. The Labute approximate surface area is 168 Å². The van der Waals surface area contributed by atoms with E-state index in [2.05, 4.69) is 13.8 Å². The van der Waals surface area contributed by atoms with Crippen molar-refractivity contribution in [2.45, 2.75) is 25.2 Å². The molecule has 0 aromatic heterocycles. The highest BCUT2D eigenvalue weighted by Gasteiger charge is 2.32. The van der Waals surface area contributed by atoms with E-state index in [9.17, 15) is 13.2 Å². The molecule has 2 saturated heterocycles. The number of methoxy groups -OCH3 is 1. The largest absolute Gasteiger partial charge is 0.497 e. The maximum Gasteiger partial charge on any atom is 0.277 e. The smallest absolute Gasteiger partial charge is 0.277 e. The van der Waals surface area contributed by atoms with Crippen LogP contribution < -0.4 is 9.64 Å². The zero-order valence-corrected chi connectivity index (χ0v) is 17.9. The second-order valence-corrected chi connectivity index (χ2v) is 10.2. The number of carbonyl (C=O) groups is 1. The molecule has 2 aliphatic heterocycles. The molecule has 0 radical (unpaired) electrons. The number of carbonyl (C=O) groups excluding carboxylic acids is 1. The van der Waals surface area contributed by atoms with Crippen molar-refractivity contribution in [2.24, 2.45) is 11.8 Å². The van der Waals surface area contributed by atoms with E-state index in [0.29, 0.717) is 50.3 Å². The van der Waals surface area contributed by atoms with Gasteiger partial charge in [0.1, 0.15) is 5.75 Å². The highest BCUT2D eigenvalue weighted by molar-refractivity contribution is 7.89. The lowest BCUT2D eigenvalue weighted by atomic mass is 9.92. The van der Waals surface area contributed by atoms with Gasteiger partial charge in [0, 0.05) is 38.0 Å². The zero-order chi connectivity index (χ0) is 20.3. The first kappa shape index (κ1) is 21.1. The average molecular weight is 411 g/mol. The number of nitrogens with zero attached hydrogens (tertiary/aromatic N) is 2. The van der Waals surface area contributed by atoms with Crippen LogP contribution in [0.15, 0.2) is 29.2 Å². The highest BCUT2D eigenvalue weighted by Crippen LogP contribution is 2.20. The quantitative estimate of drug-likeness (QED) is 0.747. The lowest BCUT2D eigenvalue weighted by Crippen LogP contribution is -3.15. The molecule has 2 fully saturated rings. The molecule has 7 nitrogen and oxygen atoms in total. The standard InChI is InChI=1S/C20H31N3O4S/c1-16-12-17(2)14-21(13-16)15-20(24)22-8-10-23(11-9-22)28(25,26)19-6-4-18(27-3)5-7-19/h4-7,16-17H,8-15H2,1-3H3/p+1/t16-,17+. The number of sulfonamides is 1. The molecule has 3 rings (SSSR count). The number of hydrogen-bond donors (Lipinski definition) is 1. The number of rotatable bonds is 5. The van der Waals surface area contributed by atoms with Crippen LogP contribution in [-0.2, 0) is 14.8 Å². The van der Waals surface area contributed by atoms with Crippen molar-refractivity contribution in [1.82, 2.24) is 9.21 Å². The van der Waals surface area contributed by atoms with Crippen molar-refractivity contribution in [3.05, 3.63) is 24.3 Å². The molecule has 0 bridgehead atoms. The summed E-state index contributed by atoms with van der Waals surface area (Å²) in [6, 6.07) is 6.42. The summed E-state index contributed by atoms with van der Waals surface area (Å²) in [6.07, 6.45) is 1.24. The highest BCUT2D eigenvalue weighted by atomic mass is 32.2. The van der Waals surface area contributed by atoms with E-state index in [1.165, 1.54) is 15.6 Å². The first-order valence-corrected chi connectivity index (χ1v) is 11.5. The fourth-order valence-corrected chi connectivity index (χ4v) is 5.89. The van der Waals surface area contributed by atoms with Crippen LogP contribution in [0, 0.1) is 11.8 Å². The second-order valence-electron chi connectivity index (χ2n) is 8.24. The van der Waals surface area contributed by atoms with Crippen molar-refractivity contribution in [1.29, 1.82) is 0 Å². The van der Waals surface area contributed by atoms with Crippen LogP contribution in [0.5, 0.6) is 5.75 Å². The Hall–Kier alpha value is -1.64. The number of piperazine rings is 1. The van der Waals surface area contributed by atoms with Gasteiger partial charge in [-0.2, -0.15) is 4.31 Å². The van der Waals surface area contributed by atoms with Crippen LogP contribution in [0.1, 0.15) is 20.3 Å². The molecular formula is C20H32N3O4S+. The van der Waals surface area contributed by atoms with Gasteiger partial charge in [-0.1, -0.05) is 13.8 Å². The van der Waals surface area contributed by atoms with E-state index in [-0.39, 0.29) is 10.8 Å². The Morgan fingerprint density at radius 2 is 1.64 bits per heavy atom. The summed E-state index contributed by atoms with van der Waals surface area (Å²) in [5.41, 5.74) is 0. The monoisotopic (exact) mass is 410 g/mol. The number of quaternary nitrogens is 1. The molecule has 0 saturated carbocycles. The van der Waals surface area contributed by atoms with Gasteiger partial charge in [0.05, 0.1) is 25.1 Å². The molecule has 1 amide bonds. The molecule has 1 aromatic rings. The molecule has 0 aliphatic carbocycles. The molecule has 1 N–H and O–H groups in total. The summed E-state index contributed by atoms with van der Waals surface area (Å²) in [5, 5.41) is 0. The second kappa shape index (κ2) is 8.80. The van der Waals surface area contributed by atoms with Crippen LogP contribution in [-0.4, -0.2) is 76.5 Å². The third-order valence-corrected chi connectivity index (χ3v) is 7.68. The van der Waals surface area contributed by atoms with Crippen molar-refractivity contribution in [3.63, 3.8) is 0 Å². The molecular weight excluding hydrogens is 378 g/mol. The number of likely N-dealkylation sites (tertiary alicyclic amines) is 1. The Morgan fingerprint density at radius 3 is 2.18 bits per heavy atom. The van der Waals surface area contributed by atoms with E-state index in [1.54, 1.807) is 31.4 Å². The first-order valence-electron chi connectivity index (χ1n) is 10.0. The lowest BCUT2D eigenvalue weighted by Gasteiger charge is -2.36. The Morgan fingerprint density at radius 1 is 1.07 bits per heavy atom. The number of ether oxygens (including phenoxy) is 1. The maximum absolute atomic E-state index is 12.8. The van der Waals surface area contributed by atoms with Gasteiger partial charge >= 0.3 is 0 Å².